The zero-order chi connectivity index (χ0) is 26.9. The van der Waals surface area contributed by atoms with Crippen molar-refractivity contribution in [2.45, 2.75) is 66.7 Å². The normalized spacial score (nSPS) is 11.9. The Morgan fingerprint density at radius 3 is 1.82 bits per heavy atom. The fraction of sp³-hybridized carbons (Fsp3) is 0.278. The SMILES string of the molecule is CCCCc1cc(N=NC(=Cc2cc(-c3ccccc3)c(C)c(-c3ccccc3)c2)CC)cc(CC)c1C. The summed E-state index contributed by atoms with van der Waals surface area (Å²) in [5.74, 6) is 0. The van der Waals surface area contributed by atoms with Gasteiger partial charge in [-0.1, -0.05) is 87.9 Å². The van der Waals surface area contributed by atoms with Gasteiger partial charge in [0, 0.05) is 0 Å². The highest BCUT2D eigenvalue weighted by Crippen LogP contribution is 2.34. The van der Waals surface area contributed by atoms with E-state index in [4.69, 9.17) is 10.2 Å². The van der Waals surface area contributed by atoms with Crippen molar-refractivity contribution >= 4 is 11.8 Å². The van der Waals surface area contributed by atoms with Gasteiger partial charge in [0.1, 0.15) is 0 Å². The topological polar surface area (TPSA) is 24.7 Å². The van der Waals surface area contributed by atoms with Gasteiger partial charge >= 0.3 is 0 Å². The van der Waals surface area contributed by atoms with Crippen LogP contribution in [0.15, 0.2) is 101 Å². The van der Waals surface area contributed by atoms with Gasteiger partial charge in [0.2, 0.25) is 0 Å². The van der Waals surface area contributed by atoms with E-state index in [1.54, 1.807) is 0 Å². The number of hydrogen-bond acceptors (Lipinski definition) is 2. The molecule has 194 valence electrons. The van der Waals surface area contributed by atoms with Crippen molar-refractivity contribution < 1.29 is 0 Å². The van der Waals surface area contributed by atoms with Crippen LogP contribution in [0.4, 0.5) is 5.69 Å². The van der Waals surface area contributed by atoms with Crippen molar-refractivity contribution in [1.29, 1.82) is 0 Å². The highest BCUT2D eigenvalue weighted by molar-refractivity contribution is 5.81. The summed E-state index contributed by atoms with van der Waals surface area (Å²) < 4.78 is 0. The first-order valence-corrected chi connectivity index (χ1v) is 14.0. The van der Waals surface area contributed by atoms with Crippen LogP contribution < -0.4 is 0 Å². The van der Waals surface area contributed by atoms with Gasteiger partial charge in [-0.15, -0.1) is 0 Å². The summed E-state index contributed by atoms with van der Waals surface area (Å²) in [6.07, 6.45) is 7.51. The molecule has 0 radical (unpaired) electrons. The number of aryl methyl sites for hydroxylation is 2. The predicted molar refractivity (Wildman–Crippen MR) is 164 cm³/mol. The molecule has 0 bridgehead atoms. The minimum atomic E-state index is 0.813. The standard InChI is InChI=1S/C36H40N2/c1-6-9-16-32-25-34(24-29(7-2)26(32)4)38-37-33(8-3)21-28-22-35(30-17-12-10-13-18-30)27(5)36(23-28)31-19-14-11-15-20-31/h10-15,17-25H,6-9,16H2,1-5H3. The molecule has 0 saturated heterocycles. The van der Waals surface area contributed by atoms with E-state index in [0.717, 1.165) is 36.2 Å². The molecule has 0 saturated carbocycles. The van der Waals surface area contributed by atoms with E-state index in [9.17, 15) is 0 Å². The van der Waals surface area contributed by atoms with Crippen LogP contribution in [0, 0.1) is 13.8 Å². The molecule has 0 atom stereocenters. The van der Waals surface area contributed by atoms with Crippen LogP contribution in [0.25, 0.3) is 28.3 Å². The molecule has 0 N–H and O–H groups in total. The van der Waals surface area contributed by atoms with Crippen LogP contribution in [0.2, 0.25) is 0 Å². The van der Waals surface area contributed by atoms with E-state index in [1.165, 1.54) is 57.3 Å². The molecule has 2 nitrogen and oxygen atoms in total. The lowest BCUT2D eigenvalue weighted by molar-refractivity contribution is 0.789. The van der Waals surface area contributed by atoms with Gasteiger partial charge in [0.15, 0.2) is 0 Å². The van der Waals surface area contributed by atoms with Crippen LogP contribution in [-0.4, -0.2) is 0 Å². The Bertz CT molecular complexity index is 1350. The molecule has 4 rings (SSSR count). The Balaban J connectivity index is 1.75. The molecule has 0 spiro atoms. The quantitative estimate of drug-likeness (QED) is 0.193. The van der Waals surface area contributed by atoms with E-state index in [0.29, 0.717) is 0 Å². The van der Waals surface area contributed by atoms with Crippen molar-refractivity contribution in [2.75, 3.05) is 0 Å². The largest absolute Gasteiger partial charge is 0.155 e. The van der Waals surface area contributed by atoms with E-state index < -0.39 is 0 Å². The van der Waals surface area contributed by atoms with Crippen LogP contribution in [-0.2, 0) is 12.8 Å². The Labute approximate surface area is 229 Å². The molecule has 0 aliphatic rings. The van der Waals surface area contributed by atoms with Crippen LogP contribution in [0.1, 0.15) is 67.9 Å². The number of nitrogens with zero attached hydrogens (tertiary/aromatic N) is 2. The first-order valence-electron chi connectivity index (χ1n) is 14.0. The fourth-order valence-corrected chi connectivity index (χ4v) is 5.04. The minimum Gasteiger partial charge on any atom is -0.155 e. The summed E-state index contributed by atoms with van der Waals surface area (Å²) in [5, 5.41) is 9.48. The number of benzene rings is 4. The van der Waals surface area contributed by atoms with Gasteiger partial charge in [0.25, 0.3) is 0 Å². The number of azo groups is 1. The predicted octanol–water partition coefficient (Wildman–Crippen LogP) is 11.1. The first kappa shape index (κ1) is 27.3. The van der Waals surface area contributed by atoms with Gasteiger partial charge < -0.3 is 0 Å². The van der Waals surface area contributed by atoms with E-state index >= 15 is 0 Å². The first-order chi connectivity index (χ1) is 18.5. The second-order valence-electron chi connectivity index (χ2n) is 10.0. The second kappa shape index (κ2) is 13.1. The lowest BCUT2D eigenvalue weighted by Crippen LogP contribution is -1.95. The minimum absolute atomic E-state index is 0.813. The van der Waals surface area contributed by atoms with Gasteiger partial charge in [0.05, 0.1) is 11.4 Å². The van der Waals surface area contributed by atoms with Crippen molar-refractivity contribution in [2.24, 2.45) is 10.2 Å². The van der Waals surface area contributed by atoms with E-state index in [-0.39, 0.29) is 0 Å². The summed E-state index contributed by atoms with van der Waals surface area (Å²) in [7, 11) is 0. The maximum Gasteiger partial charge on any atom is 0.0862 e. The summed E-state index contributed by atoms with van der Waals surface area (Å²) >= 11 is 0. The van der Waals surface area contributed by atoms with Crippen LogP contribution in [0.3, 0.4) is 0 Å². The Morgan fingerprint density at radius 2 is 1.29 bits per heavy atom. The lowest BCUT2D eigenvalue weighted by Gasteiger charge is -2.14. The van der Waals surface area contributed by atoms with Gasteiger partial charge in [-0.2, -0.15) is 10.2 Å². The number of allylic oxidation sites excluding steroid dienone is 1. The third-order valence-corrected chi connectivity index (χ3v) is 7.38. The average molecular weight is 501 g/mol. The summed E-state index contributed by atoms with van der Waals surface area (Å²) in [4.78, 5) is 0. The zero-order valence-electron chi connectivity index (χ0n) is 23.6. The molecule has 0 heterocycles. The molecule has 4 aromatic carbocycles. The highest BCUT2D eigenvalue weighted by atomic mass is 15.1. The molecule has 0 unspecified atom stereocenters. The maximum absolute atomic E-state index is 4.75. The molecule has 4 aromatic rings. The Kier molecular flexibility index (Phi) is 9.43. The lowest BCUT2D eigenvalue weighted by atomic mass is 9.90. The third kappa shape index (κ3) is 6.55. The molecule has 0 aliphatic carbocycles. The van der Waals surface area contributed by atoms with Crippen molar-refractivity contribution in [3.8, 4) is 22.3 Å². The molecule has 0 fully saturated rings. The Morgan fingerprint density at radius 1 is 0.711 bits per heavy atom. The van der Waals surface area contributed by atoms with Gasteiger partial charge in [-0.25, -0.2) is 0 Å². The highest BCUT2D eigenvalue weighted by Gasteiger charge is 2.11. The van der Waals surface area contributed by atoms with Crippen molar-refractivity contribution in [3.05, 3.63) is 118 Å². The van der Waals surface area contributed by atoms with Crippen molar-refractivity contribution in [1.82, 2.24) is 0 Å². The summed E-state index contributed by atoms with van der Waals surface area (Å²) in [6, 6.07) is 30.3. The molecular formula is C36H40N2. The maximum atomic E-state index is 4.75. The van der Waals surface area contributed by atoms with Gasteiger partial charge in [-0.3, -0.25) is 0 Å². The smallest absolute Gasteiger partial charge is 0.0862 e. The molecule has 0 amide bonds. The van der Waals surface area contributed by atoms with Gasteiger partial charge in [-0.05, 0) is 120 Å². The molecular weight excluding hydrogens is 460 g/mol. The average Bonchev–Trinajstić information content (AvgIpc) is 2.96. The Hall–Kier alpha value is -3.78. The summed E-state index contributed by atoms with van der Waals surface area (Å²) in [6.45, 7) is 11.1. The molecule has 38 heavy (non-hydrogen) atoms. The third-order valence-electron chi connectivity index (χ3n) is 7.38. The second-order valence-corrected chi connectivity index (χ2v) is 10.0. The van der Waals surface area contributed by atoms with Crippen molar-refractivity contribution in [3.63, 3.8) is 0 Å². The molecule has 0 aromatic heterocycles. The molecule has 0 aliphatic heterocycles. The number of rotatable bonds is 10. The van der Waals surface area contributed by atoms with Crippen LogP contribution in [0.5, 0.6) is 0 Å². The van der Waals surface area contributed by atoms with E-state index in [2.05, 4.69) is 126 Å². The number of unbranched alkanes of at least 4 members (excludes halogenated alkanes) is 1. The molecule has 2 heteroatoms. The monoisotopic (exact) mass is 500 g/mol. The fourth-order valence-electron chi connectivity index (χ4n) is 5.04. The zero-order valence-corrected chi connectivity index (χ0v) is 23.6. The van der Waals surface area contributed by atoms with E-state index in [1.807, 2.05) is 0 Å². The number of hydrogen-bond donors (Lipinski definition) is 0. The summed E-state index contributed by atoms with van der Waals surface area (Å²) in [5.41, 5.74) is 13.5. The van der Waals surface area contributed by atoms with Crippen LogP contribution >= 0.6 is 0 Å².